The number of pyridine rings is 1. The van der Waals surface area contributed by atoms with Crippen LogP contribution in [0.25, 0.3) is 0 Å². The van der Waals surface area contributed by atoms with Gasteiger partial charge in [0.2, 0.25) is 5.91 Å². The maximum absolute atomic E-state index is 11.5. The fraction of sp³-hybridized carbons (Fsp3) is 0.200. The van der Waals surface area contributed by atoms with Crippen molar-refractivity contribution in [1.82, 2.24) is 10.3 Å². The summed E-state index contributed by atoms with van der Waals surface area (Å²) < 4.78 is 0. The Morgan fingerprint density at radius 1 is 1.41 bits per heavy atom. The summed E-state index contributed by atoms with van der Waals surface area (Å²) in [7, 11) is 0. The van der Waals surface area contributed by atoms with E-state index < -0.39 is 12.0 Å². The van der Waals surface area contributed by atoms with Crippen LogP contribution in [-0.4, -0.2) is 34.5 Å². The number of hydrogen-bond acceptors (Lipinski definition) is 4. The van der Waals surface area contributed by atoms with Crippen molar-refractivity contribution in [3.05, 3.63) is 23.9 Å². The lowest BCUT2D eigenvalue weighted by molar-refractivity contribution is -0.120. The second-order valence-electron chi connectivity index (χ2n) is 3.47. The maximum atomic E-state index is 11.5. The number of urea groups is 1. The number of nitrogens with zero attached hydrogens (tertiary/aromatic N) is 2. The van der Waals surface area contributed by atoms with Gasteiger partial charge in [-0.25, -0.2) is 14.6 Å². The van der Waals surface area contributed by atoms with Crippen LogP contribution in [0.15, 0.2) is 18.3 Å². The van der Waals surface area contributed by atoms with Crippen LogP contribution in [0.1, 0.15) is 16.8 Å². The first-order chi connectivity index (χ1) is 8.08. The maximum Gasteiger partial charge on any atom is 0.337 e. The fourth-order valence-electron chi connectivity index (χ4n) is 1.45. The number of rotatable bonds is 2. The Labute approximate surface area is 96.1 Å². The molecule has 0 unspecified atom stereocenters. The summed E-state index contributed by atoms with van der Waals surface area (Å²) in [4.78, 5) is 38.2. The number of aromatic carboxylic acids is 1. The number of hydrogen-bond donors (Lipinski definition) is 2. The quantitative estimate of drug-likeness (QED) is 0.764. The third kappa shape index (κ3) is 2.22. The second kappa shape index (κ2) is 4.20. The van der Waals surface area contributed by atoms with Gasteiger partial charge in [0.1, 0.15) is 5.82 Å². The smallest absolute Gasteiger partial charge is 0.337 e. The normalized spacial score (nSPS) is 15.6. The number of carbonyl (C=O) groups excluding carboxylic acids is 2. The first-order valence-corrected chi connectivity index (χ1v) is 4.88. The van der Waals surface area contributed by atoms with Gasteiger partial charge in [-0.15, -0.1) is 0 Å². The predicted octanol–water partition coefficient (Wildman–Crippen LogP) is 0.226. The molecule has 0 spiro atoms. The highest BCUT2D eigenvalue weighted by atomic mass is 16.4. The molecule has 2 heterocycles. The molecular weight excluding hydrogens is 226 g/mol. The van der Waals surface area contributed by atoms with Crippen molar-refractivity contribution in [2.75, 3.05) is 11.4 Å². The van der Waals surface area contributed by atoms with Crippen molar-refractivity contribution in [2.24, 2.45) is 0 Å². The monoisotopic (exact) mass is 235 g/mol. The lowest BCUT2D eigenvalue weighted by atomic mass is 10.2. The van der Waals surface area contributed by atoms with Crippen molar-refractivity contribution in [1.29, 1.82) is 0 Å². The predicted molar refractivity (Wildman–Crippen MR) is 56.7 cm³/mol. The van der Waals surface area contributed by atoms with Crippen LogP contribution in [0, 0.1) is 0 Å². The molecule has 1 aromatic heterocycles. The summed E-state index contributed by atoms with van der Waals surface area (Å²) in [6, 6.07) is 2.24. The number of anilines is 1. The standard InChI is InChI=1S/C10H9N3O4/c14-8-3-4-13(10(17)12-8)7-2-1-6(5-11-7)9(15)16/h1-2,5H,3-4H2,(H,15,16)(H,12,14,17). The van der Waals surface area contributed by atoms with Crippen LogP contribution in [0.2, 0.25) is 0 Å². The van der Waals surface area contributed by atoms with Gasteiger partial charge in [-0.1, -0.05) is 0 Å². The number of nitrogens with one attached hydrogen (secondary N) is 1. The average Bonchev–Trinajstić information content (AvgIpc) is 2.29. The van der Waals surface area contributed by atoms with Crippen LogP contribution >= 0.6 is 0 Å². The molecule has 0 aliphatic carbocycles. The van der Waals surface area contributed by atoms with E-state index in [1.165, 1.54) is 23.2 Å². The van der Waals surface area contributed by atoms with Gasteiger partial charge < -0.3 is 5.11 Å². The lowest BCUT2D eigenvalue weighted by Gasteiger charge is -2.25. The molecule has 1 saturated heterocycles. The molecule has 0 aromatic carbocycles. The van der Waals surface area contributed by atoms with E-state index in [9.17, 15) is 14.4 Å². The summed E-state index contributed by atoms with van der Waals surface area (Å²) in [6.07, 6.45) is 1.37. The fourth-order valence-corrected chi connectivity index (χ4v) is 1.45. The Morgan fingerprint density at radius 2 is 2.18 bits per heavy atom. The molecule has 0 saturated carbocycles. The van der Waals surface area contributed by atoms with E-state index in [-0.39, 0.29) is 24.4 Å². The van der Waals surface area contributed by atoms with E-state index in [0.29, 0.717) is 5.82 Å². The number of carboxylic acids is 1. The minimum Gasteiger partial charge on any atom is -0.478 e. The van der Waals surface area contributed by atoms with Crippen LogP contribution in [-0.2, 0) is 4.79 Å². The number of imide groups is 1. The molecule has 7 nitrogen and oxygen atoms in total. The largest absolute Gasteiger partial charge is 0.478 e. The van der Waals surface area contributed by atoms with Crippen molar-refractivity contribution < 1.29 is 19.5 Å². The second-order valence-corrected chi connectivity index (χ2v) is 3.47. The third-order valence-corrected chi connectivity index (χ3v) is 2.33. The van der Waals surface area contributed by atoms with Gasteiger partial charge in [0.15, 0.2) is 0 Å². The Morgan fingerprint density at radius 3 is 2.71 bits per heavy atom. The van der Waals surface area contributed by atoms with Crippen LogP contribution in [0.5, 0.6) is 0 Å². The Balaban J connectivity index is 2.20. The van der Waals surface area contributed by atoms with Gasteiger partial charge in [-0.05, 0) is 12.1 Å². The minimum atomic E-state index is -1.08. The highest BCUT2D eigenvalue weighted by Gasteiger charge is 2.24. The molecule has 88 valence electrons. The van der Waals surface area contributed by atoms with Crippen molar-refractivity contribution in [3.63, 3.8) is 0 Å². The molecule has 2 rings (SSSR count). The molecular formula is C10H9N3O4. The van der Waals surface area contributed by atoms with E-state index in [1.54, 1.807) is 0 Å². The third-order valence-electron chi connectivity index (χ3n) is 2.33. The summed E-state index contributed by atoms with van der Waals surface area (Å²) in [6.45, 7) is 0.240. The van der Waals surface area contributed by atoms with E-state index in [4.69, 9.17) is 5.11 Å². The van der Waals surface area contributed by atoms with Crippen molar-refractivity contribution in [2.45, 2.75) is 6.42 Å². The van der Waals surface area contributed by atoms with Gasteiger partial charge in [0, 0.05) is 19.2 Å². The highest BCUT2D eigenvalue weighted by molar-refractivity contribution is 6.05. The molecule has 3 amide bonds. The Bertz CT molecular complexity index is 483. The van der Waals surface area contributed by atoms with Gasteiger partial charge >= 0.3 is 12.0 Å². The van der Waals surface area contributed by atoms with E-state index in [2.05, 4.69) is 10.3 Å². The van der Waals surface area contributed by atoms with Gasteiger partial charge in [-0.2, -0.15) is 0 Å². The first-order valence-electron chi connectivity index (χ1n) is 4.88. The molecule has 0 bridgehead atoms. The molecule has 0 radical (unpaired) electrons. The molecule has 1 aliphatic heterocycles. The first kappa shape index (κ1) is 11.1. The molecule has 1 aromatic rings. The Kier molecular flexibility index (Phi) is 2.73. The topological polar surface area (TPSA) is 99.6 Å². The molecule has 17 heavy (non-hydrogen) atoms. The van der Waals surface area contributed by atoms with Crippen molar-refractivity contribution >= 4 is 23.7 Å². The number of carbonyl (C=O) groups is 3. The van der Waals surface area contributed by atoms with E-state index in [0.717, 1.165) is 0 Å². The van der Waals surface area contributed by atoms with Gasteiger partial charge in [-0.3, -0.25) is 15.0 Å². The molecule has 0 atom stereocenters. The SMILES string of the molecule is O=C1CCN(c2ccc(C(=O)O)cn2)C(=O)N1. The van der Waals surface area contributed by atoms with Gasteiger partial charge in [0.25, 0.3) is 0 Å². The Hall–Kier alpha value is -2.44. The van der Waals surface area contributed by atoms with Crippen molar-refractivity contribution in [3.8, 4) is 0 Å². The van der Waals surface area contributed by atoms with E-state index in [1.807, 2.05) is 0 Å². The van der Waals surface area contributed by atoms with Crippen LogP contribution in [0.3, 0.4) is 0 Å². The summed E-state index contributed by atoms with van der Waals surface area (Å²) in [5.41, 5.74) is 0.0437. The van der Waals surface area contributed by atoms with Crippen LogP contribution < -0.4 is 10.2 Å². The summed E-state index contributed by atoms with van der Waals surface area (Å²) in [5.74, 6) is -1.09. The zero-order valence-electron chi connectivity index (χ0n) is 8.71. The average molecular weight is 235 g/mol. The highest BCUT2D eigenvalue weighted by Crippen LogP contribution is 2.14. The summed E-state index contributed by atoms with van der Waals surface area (Å²) >= 11 is 0. The number of amides is 3. The van der Waals surface area contributed by atoms with E-state index >= 15 is 0 Å². The zero-order valence-corrected chi connectivity index (χ0v) is 8.71. The molecule has 2 N–H and O–H groups in total. The molecule has 7 heteroatoms. The summed E-state index contributed by atoms with van der Waals surface area (Å²) in [5, 5.41) is 10.9. The lowest BCUT2D eigenvalue weighted by Crippen LogP contribution is -2.49. The number of aromatic nitrogens is 1. The zero-order chi connectivity index (χ0) is 12.4. The minimum absolute atomic E-state index is 0.0437. The number of carboxylic acid groups (broad SMARTS) is 1. The molecule has 1 fully saturated rings. The van der Waals surface area contributed by atoms with Crippen LogP contribution in [0.4, 0.5) is 10.6 Å². The molecule has 1 aliphatic rings. The van der Waals surface area contributed by atoms with Gasteiger partial charge in [0.05, 0.1) is 5.56 Å².